The Kier molecular flexibility index (Phi) is 5.35. The van der Waals surface area contributed by atoms with E-state index in [1.807, 2.05) is 11.8 Å². The maximum Gasteiger partial charge on any atom is 0.223 e. The number of carbonyl (C=O) groups excluding carboxylic acids is 1. The zero-order valence-electron chi connectivity index (χ0n) is 14.6. The van der Waals surface area contributed by atoms with E-state index in [0.29, 0.717) is 35.7 Å². The topological polar surface area (TPSA) is 20.3 Å². The van der Waals surface area contributed by atoms with Gasteiger partial charge in [0.05, 0.1) is 0 Å². The molecule has 0 aliphatic carbocycles. The molecule has 0 saturated carbocycles. The van der Waals surface area contributed by atoms with Crippen LogP contribution >= 0.6 is 11.8 Å². The Bertz CT molecular complexity index is 530. The molecule has 3 rings (SSSR count). The maximum absolute atomic E-state index is 12.6. The fraction of sp³-hybridized carbons (Fsp3) is 0.650. The minimum Gasteiger partial charge on any atom is -0.336 e. The smallest absolute Gasteiger partial charge is 0.223 e. The van der Waals surface area contributed by atoms with E-state index in [1.54, 1.807) is 0 Å². The summed E-state index contributed by atoms with van der Waals surface area (Å²) in [5.74, 6) is 3.39. The highest BCUT2D eigenvalue weighted by Gasteiger charge is 2.51. The second kappa shape index (κ2) is 7.29. The van der Waals surface area contributed by atoms with Crippen LogP contribution in [0.2, 0.25) is 0 Å². The highest BCUT2D eigenvalue weighted by Crippen LogP contribution is 2.46. The maximum atomic E-state index is 12.6. The van der Waals surface area contributed by atoms with Crippen LogP contribution in [-0.4, -0.2) is 28.6 Å². The van der Waals surface area contributed by atoms with Crippen LogP contribution in [-0.2, 0) is 4.79 Å². The van der Waals surface area contributed by atoms with Crippen molar-refractivity contribution in [3.8, 4) is 0 Å². The number of benzene rings is 1. The van der Waals surface area contributed by atoms with Crippen molar-refractivity contribution >= 4 is 17.7 Å². The van der Waals surface area contributed by atoms with Gasteiger partial charge in [-0.3, -0.25) is 4.79 Å². The molecule has 126 valence electrons. The van der Waals surface area contributed by atoms with Crippen molar-refractivity contribution in [1.82, 2.24) is 4.90 Å². The Labute approximate surface area is 145 Å². The van der Waals surface area contributed by atoms with E-state index in [0.717, 1.165) is 18.6 Å². The van der Waals surface area contributed by atoms with E-state index in [-0.39, 0.29) is 0 Å². The number of hydrogen-bond acceptors (Lipinski definition) is 2. The Hall–Kier alpha value is -0.960. The molecule has 2 fully saturated rings. The summed E-state index contributed by atoms with van der Waals surface area (Å²) >= 11 is 1.97. The first kappa shape index (κ1) is 16.9. The van der Waals surface area contributed by atoms with Gasteiger partial charge < -0.3 is 4.90 Å². The van der Waals surface area contributed by atoms with Crippen LogP contribution in [0.1, 0.15) is 46.5 Å². The summed E-state index contributed by atoms with van der Waals surface area (Å²) in [5, 5.41) is 0. The van der Waals surface area contributed by atoms with Gasteiger partial charge in [0.2, 0.25) is 5.91 Å². The number of hydrogen-bond donors (Lipinski definition) is 0. The third-order valence-electron chi connectivity index (χ3n) is 5.68. The van der Waals surface area contributed by atoms with Crippen LogP contribution in [0, 0.1) is 17.8 Å². The van der Waals surface area contributed by atoms with Gasteiger partial charge in [-0.1, -0.05) is 45.4 Å². The molecule has 2 aliphatic rings. The molecule has 2 heterocycles. The summed E-state index contributed by atoms with van der Waals surface area (Å²) in [4.78, 5) is 16.2. The number of rotatable bonds is 5. The molecule has 3 heteroatoms. The Morgan fingerprint density at radius 2 is 1.96 bits per heavy atom. The van der Waals surface area contributed by atoms with E-state index in [2.05, 4.69) is 56.0 Å². The monoisotopic (exact) mass is 331 g/mol. The number of thioether (sulfide) groups is 1. The van der Waals surface area contributed by atoms with Gasteiger partial charge in [-0.15, -0.1) is 11.8 Å². The minimum atomic E-state index is 0.408. The van der Waals surface area contributed by atoms with Gasteiger partial charge in [-0.2, -0.15) is 0 Å². The fourth-order valence-corrected chi connectivity index (χ4v) is 5.98. The molecule has 23 heavy (non-hydrogen) atoms. The summed E-state index contributed by atoms with van der Waals surface area (Å²) in [6.45, 7) is 6.89. The van der Waals surface area contributed by atoms with Gasteiger partial charge in [0.25, 0.3) is 0 Å². The number of piperidine rings is 1. The first-order valence-electron chi connectivity index (χ1n) is 9.12. The van der Waals surface area contributed by atoms with Crippen molar-refractivity contribution in [2.75, 3.05) is 5.75 Å². The van der Waals surface area contributed by atoms with Gasteiger partial charge in [0.15, 0.2) is 0 Å². The van der Waals surface area contributed by atoms with Gasteiger partial charge in [0, 0.05) is 29.2 Å². The highest BCUT2D eigenvalue weighted by atomic mass is 32.2. The molecule has 0 unspecified atom stereocenters. The molecular weight excluding hydrogens is 302 g/mol. The summed E-state index contributed by atoms with van der Waals surface area (Å²) in [5.41, 5.74) is 0. The molecule has 2 nitrogen and oxygen atoms in total. The molecule has 1 aromatic carbocycles. The summed E-state index contributed by atoms with van der Waals surface area (Å²) in [6, 6.07) is 11.6. The zero-order chi connectivity index (χ0) is 16.4. The molecule has 0 N–H and O–H groups in total. The largest absolute Gasteiger partial charge is 0.336 e. The summed E-state index contributed by atoms with van der Waals surface area (Å²) in [7, 11) is 0. The van der Waals surface area contributed by atoms with E-state index in [4.69, 9.17) is 0 Å². The molecule has 0 radical (unpaired) electrons. The van der Waals surface area contributed by atoms with Crippen molar-refractivity contribution in [3.63, 3.8) is 0 Å². The fourth-order valence-electron chi connectivity index (χ4n) is 4.77. The zero-order valence-corrected chi connectivity index (χ0v) is 15.4. The highest BCUT2D eigenvalue weighted by molar-refractivity contribution is 7.99. The van der Waals surface area contributed by atoms with Crippen molar-refractivity contribution in [2.45, 2.75) is 63.4 Å². The van der Waals surface area contributed by atoms with Gasteiger partial charge in [-0.05, 0) is 42.7 Å². The first-order chi connectivity index (χ1) is 11.1. The van der Waals surface area contributed by atoms with Crippen molar-refractivity contribution < 1.29 is 4.79 Å². The lowest BCUT2D eigenvalue weighted by Gasteiger charge is -2.37. The van der Waals surface area contributed by atoms with Gasteiger partial charge >= 0.3 is 0 Å². The SMILES string of the molecule is CC[C@H]1[C@H](CSc2ccccc2)[C@H]2CCCC(=O)N2[C@@H]1C(C)C. The van der Waals surface area contributed by atoms with Crippen molar-refractivity contribution in [3.05, 3.63) is 30.3 Å². The number of fused-ring (bicyclic) bond motifs is 1. The van der Waals surface area contributed by atoms with Crippen LogP contribution in [0.25, 0.3) is 0 Å². The van der Waals surface area contributed by atoms with Crippen LogP contribution in [0.4, 0.5) is 0 Å². The average molecular weight is 332 g/mol. The van der Waals surface area contributed by atoms with Crippen LogP contribution in [0.15, 0.2) is 35.2 Å². The molecule has 2 saturated heterocycles. The number of carbonyl (C=O) groups is 1. The van der Waals surface area contributed by atoms with E-state index >= 15 is 0 Å². The number of nitrogens with zero attached hydrogens (tertiary/aromatic N) is 1. The van der Waals surface area contributed by atoms with Gasteiger partial charge in [-0.25, -0.2) is 0 Å². The molecule has 4 atom stereocenters. The van der Waals surface area contributed by atoms with Crippen molar-refractivity contribution in [2.24, 2.45) is 17.8 Å². The number of amides is 1. The van der Waals surface area contributed by atoms with Crippen LogP contribution in [0.5, 0.6) is 0 Å². The Morgan fingerprint density at radius 3 is 2.61 bits per heavy atom. The third kappa shape index (κ3) is 3.31. The normalized spacial score (nSPS) is 30.8. The van der Waals surface area contributed by atoms with E-state index in [1.165, 1.54) is 17.7 Å². The van der Waals surface area contributed by atoms with Crippen LogP contribution < -0.4 is 0 Å². The predicted octanol–water partition coefficient (Wildman–Crippen LogP) is 4.84. The molecule has 1 aromatic rings. The molecule has 0 spiro atoms. The molecule has 2 aliphatic heterocycles. The average Bonchev–Trinajstić information content (AvgIpc) is 2.89. The first-order valence-corrected chi connectivity index (χ1v) is 10.1. The lowest BCUT2D eigenvalue weighted by molar-refractivity contribution is -0.138. The molecule has 0 aromatic heterocycles. The predicted molar refractivity (Wildman–Crippen MR) is 97.5 cm³/mol. The van der Waals surface area contributed by atoms with Gasteiger partial charge in [0.1, 0.15) is 0 Å². The lowest BCUT2D eigenvalue weighted by Crippen LogP contribution is -2.47. The lowest BCUT2D eigenvalue weighted by atomic mass is 9.82. The summed E-state index contributed by atoms with van der Waals surface area (Å²) < 4.78 is 0. The Morgan fingerprint density at radius 1 is 1.22 bits per heavy atom. The quantitative estimate of drug-likeness (QED) is 0.720. The second-order valence-electron chi connectivity index (χ2n) is 7.36. The second-order valence-corrected chi connectivity index (χ2v) is 8.45. The third-order valence-corrected chi connectivity index (χ3v) is 6.84. The molecule has 0 bridgehead atoms. The molecule has 1 amide bonds. The Balaban J connectivity index is 1.80. The van der Waals surface area contributed by atoms with Crippen molar-refractivity contribution in [1.29, 1.82) is 0 Å². The molecular formula is C20H29NOS. The standard InChI is InChI=1S/C20H29NOS/c1-4-16-17(13-23-15-9-6-5-7-10-15)18-11-8-12-19(22)21(18)20(16)14(2)3/h5-7,9-10,14,16-18,20H,4,8,11-13H2,1-3H3/t16-,17-,18+,20+/m0/s1. The van der Waals surface area contributed by atoms with E-state index < -0.39 is 0 Å². The van der Waals surface area contributed by atoms with Crippen LogP contribution in [0.3, 0.4) is 0 Å². The van der Waals surface area contributed by atoms with E-state index in [9.17, 15) is 4.79 Å². The minimum absolute atomic E-state index is 0.408. The summed E-state index contributed by atoms with van der Waals surface area (Å²) in [6.07, 6.45) is 4.22.